The summed E-state index contributed by atoms with van der Waals surface area (Å²) in [5, 5.41) is 2.95. The van der Waals surface area contributed by atoms with Crippen LogP contribution < -0.4 is 14.8 Å². The molecule has 4 rings (SSSR count). The number of sulfonamides is 1. The summed E-state index contributed by atoms with van der Waals surface area (Å²) in [6.45, 7) is 1.89. The highest BCUT2D eigenvalue weighted by molar-refractivity contribution is 7.89. The Morgan fingerprint density at radius 1 is 0.969 bits per heavy atom. The van der Waals surface area contributed by atoms with Crippen molar-refractivity contribution < 1.29 is 17.9 Å². The molecule has 0 heterocycles. The van der Waals surface area contributed by atoms with Crippen molar-refractivity contribution in [2.75, 3.05) is 7.11 Å². The Bertz CT molecular complexity index is 1200. The number of benzene rings is 3. The van der Waals surface area contributed by atoms with Gasteiger partial charge in [-0.15, -0.1) is 0 Å². The summed E-state index contributed by atoms with van der Waals surface area (Å²) in [6, 6.07) is 22.2. The summed E-state index contributed by atoms with van der Waals surface area (Å²) >= 11 is 0. The van der Waals surface area contributed by atoms with E-state index in [2.05, 4.69) is 10.0 Å². The fraction of sp³-hybridized carbons (Fsp3) is 0.240. The van der Waals surface area contributed by atoms with E-state index in [9.17, 15) is 13.2 Å². The molecule has 0 aliphatic heterocycles. The maximum Gasteiger partial charge on any atom is 0.251 e. The molecule has 1 amide bonds. The van der Waals surface area contributed by atoms with E-state index in [0.29, 0.717) is 0 Å². The molecule has 0 unspecified atom stereocenters. The Labute approximate surface area is 188 Å². The number of carbonyl (C=O) groups is 1. The summed E-state index contributed by atoms with van der Waals surface area (Å²) < 4.78 is 33.3. The van der Waals surface area contributed by atoms with E-state index in [1.165, 1.54) is 19.2 Å². The van der Waals surface area contributed by atoms with Crippen molar-refractivity contribution in [3.05, 3.63) is 83.9 Å². The molecule has 1 fully saturated rings. The zero-order valence-electron chi connectivity index (χ0n) is 18.0. The van der Waals surface area contributed by atoms with Crippen molar-refractivity contribution in [2.45, 2.75) is 36.7 Å². The molecule has 0 aromatic heterocycles. The standard InChI is InChI=1S/C25H26N2O4S/c1-17(18-8-10-20(11-9-18)19-6-4-3-5-7-19)26-25(28)21-12-15-23(31-2)24(16-21)32(29,30)27-22-13-14-22/h3-12,15-17,22,27H,13-14H2,1-2H3,(H,26,28)/t17-/m0/s1. The van der Waals surface area contributed by atoms with Crippen molar-refractivity contribution in [3.8, 4) is 16.9 Å². The molecule has 6 nitrogen and oxygen atoms in total. The van der Waals surface area contributed by atoms with E-state index in [1.807, 2.05) is 61.5 Å². The van der Waals surface area contributed by atoms with Gasteiger partial charge in [-0.05, 0) is 54.7 Å². The van der Waals surface area contributed by atoms with Crippen LogP contribution in [0.25, 0.3) is 11.1 Å². The second kappa shape index (κ2) is 9.14. The number of hydrogen-bond acceptors (Lipinski definition) is 4. The van der Waals surface area contributed by atoms with Crippen LogP contribution in [0.3, 0.4) is 0 Å². The Hall–Kier alpha value is -3.16. The van der Waals surface area contributed by atoms with Crippen LogP contribution >= 0.6 is 0 Å². The minimum atomic E-state index is -3.76. The minimum absolute atomic E-state index is 0.0283. The van der Waals surface area contributed by atoms with Crippen LogP contribution in [0.1, 0.15) is 41.7 Å². The van der Waals surface area contributed by atoms with Gasteiger partial charge in [-0.3, -0.25) is 4.79 Å². The molecule has 0 saturated heterocycles. The fourth-order valence-corrected chi connectivity index (χ4v) is 4.97. The summed E-state index contributed by atoms with van der Waals surface area (Å²) in [7, 11) is -2.35. The SMILES string of the molecule is COc1ccc(C(=O)N[C@@H](C)c2ccc(-c3ccccc3)cc2)cc1S(=O)(=O)NC1CC1. The maximum atomic E-state index is 12.9. The monoisotopic (exact) mass is 450 g/mol. The van der Waals surface area contributed by atoms with E-state index in [0.717, 1.165) is 29.5 Å². The minimum Gasteiger partial charge on any atom is -0.495 e. The van der Waals surface area contributed by atoms with E-state index in [4.69, 9.17) is 4.74 Å². The third-order valence-electron chi connectivity index (χ3n) is 5.48. The van der Waals surface area contributed by atoms with Gasteiger partial charge in [-0.25, -0.2) is 13.1 Å². The highest BCUT2D eigenvalue weighted by Gasteiger charge is 2.30. The average molecular weight is 451 g/mol. The van der Waals surface area contributed by atoms with Crippen LogP contribution in [-0.4, -0.2) is 27.5 Å². The smallest absolute Gasteiger partial charge is 0.251 e. The van der Waals surface area contributed by atoms with E-state index < -0.39 is 10.0 Å². The van der Waals surface area contributed by atoms with Crippen molar-refractivity contribution in [3.63, 3.8) is 0 Å². The first-order valence-electron chi connectivity index (χ1n) is 10.5. The molecule has 1 atom stereocenters. The number of amides is 1. The summed E-state index contributed by atoms with van der Waals surface area (Å²) in [4.78, 5) is 12.8. The van der Waals surface area contributed by atoms with Gasteiger partial charge in [0.05, 0.1) is 13.2 Å². The van der Waals surface area contributed by atoms with Crippen molar-refractivity contribution >= 4 is 15.9 Å². The summed E-state index contributed by atoms with van der Waals surface area (Å²) in [6.07, 6.45) is 1.64. The molecule has 0 spiro atoms. The largest absolute Gasteiger partial charge is 0.495 e. The molecule has 7 heteroatoms. The van der Waals surface area contributed by atoms with Crippen LogP contribution in [-0.2, 0) is 10.0 Å². The molecule has 32 heavy (non-hydrogen) atoms. The molecule has 1 aliphatic rings. The van der Waals surface area contributed by atoms with Gasteiger partial charge in [-0.1, -0.05) is 54.6 Å². The first kappa shape index (κ1) is 22.0. The first-order valence-corrected chi connectivity index (χ1v) is 12.0. The van der Waals surface area contributed by atoms with Crippen LogP contribution in [0.15, 0.2) is 77.7 Å². The molecule has 1 saturated carbocycles. The fourth-order valence-electron chi connectivity index (χ4n) is 3.47. The second-order valence-electron chi connectivity index (χ2n) is 7.94. The van der Waals surface area contributed by atoms with Gasteiger partial charge < -0.3 is 10.1 Å². The van der Waals surface area contributed by atoms with Crippen molar-refractivity contribution in [1.82, 2.24) is 10.0 Å². The molecule has 2 N–H and O–H groups in total. The average Bonchev–Trinajstić information content (AvgIpc) is 3.62. The molecule has 0 bridgehead atoms. The van der Waals surface area contributed by atoms with Crippen LogP contribution in [0.2, 0.25) is 0 Å². The van der Waals surface area contributed by atoms with Gasteiger partial charge >= 0.3 is 0 Å². The third kappa shape index (κ3) is 5.00. The Balaban J connectivity index is 1.50. The van der Waals surface area contributed by atoms with Crippen LogP contribution in [0.4, 0.5) is 0 Å². The van der Waals surface area contributed by atoms with Gasteiger partial charge in [0.25, 0.3) is 5.91 Å². The van der Waals surface area contributed by atoms with Crippen molar-refractivity contribution in [2.24, 2.45) is 0 Å². The number of rotatable bonds is 8. The first-order chi connectivity index (χ1) is 15.4. The maximum absolute atomic E-state index is 12.9. The molecule has 166 valence electrons. The molecular formula is C25H26N2O4S. The highest BCUT2D eigenvalue weighted by Crippen LogP contribution is 2.29. The lowest BCUT2D eigenvalue weighted by atomic mass is 10.0. The van der Waals surface area contributed by atoms with Crippen LogP contribution in [0, 0.1) is 0 Å². The predicted molar refractivity (Wildman–Crippen MR) is 124 cm³/mol. The van der Waals surface area contributed by atoms with Gasteiger partial charge in [0.2, 0.25) is 10.0 Å². The number of methoxy groups -OCH3 is 1. The Morgan fingerprint density at radius 3 is 2.25 bits per heavy atom. The summed E-state index contributed by atoms with van der Waals surface area (Å²) in [5.74, 6) is -0.144. The van der Waals surface area contributed by atoms with Crippen LogP contribution in [0.5, 0.6) is 5.75 Å². The van der Waals surface area contributed by atoms with Crippen molar-refractivity contribution in [1.29, 1.82) is 0 Å². The third-order valence-corrected chi connectivity index (χ3v) is 7.02. The number of carbonyl (C=O) groups excluding carboxylic acids is 1. The lowest BCUT2D eigenvalue weighted by molar-refractivity contribution is 0.0939. The zero-order valence-corrected chi connectivity index (χ0v) is 18.9. The quantitative estimate of drug-likeness (QED) is 0.536. The zero-order chi connectivity index (χ0) is 22.7. The summed E-state index contributed by atoms with van der Waals surface area (Å²) in [5.41, 5.74) is 3.44. The topological polar surface area (TPSA) is 84.5 Å². The van der Waals surface area contributed by atoms with E-state index >= 15 is 0 Å². The molecule has 3 aromatic rings. The number of hydrogen-bond donors (Lipinski definition) is 2. The van der Waals surface area contributed by atoms with Gasteiger partial charge in [0.15, 0.2) is 0 Å². The predicted octanol–water partition coefficient (Wildman–Crippen LogP) is 4.29. The van der Waals surface area contributed by atoms with Gasteiger partial charge in [0.1, 0.15) is 10.6 Å². The van der Waals surface area contributed by atoms with E-state index in [-0.39, 0.29) is 34.2 Å². The second-order valence-corrected chi connectivity index (χ2v) is 9.63. The lowest BCUT2D eigenvalue weighted by Crippen LogP contribution is -2.28. The lowest BCUT2D eigenvalue weighted by Gasteiger charge is -2.16. The van der Waals surface area contributed by atoms with Gasteiger partial charge in [0, 0.05) is 11.6 Å². The molecule has 3 aromatic carbocycles. The Kier molecular flexibility index (Phi) is 6.30. The normalized spacial score (nSPS) is 14.6. The number of ether oxygens (including phenoxy) is 1. The molecule has 0 radical (unpaired) electrons. The Morgan fingerprint density at radius 2 is 1.62 bits per heavy atom. The molecular weight excluding hydrogens is 424 g/mol. The van der Waals surface area contributed by atoms with E-state index in [1.54, 1.807) is 6.07 Å². The number of nitrogens with one attached hydrogen (secondary N) is 2. The molecule has 1 aliphatic carbocycles. The highest BCUT2D eigenvalue weighted by atomic mass is 32.2. The van der Waals surface area contributed by atoms with Gasteiger partial charge in [-0.2, -0.15) is 0 Å².